The third kappa shape index (κ3) is 3.87. The standard InChI is InChI=1S/C18H17N5O3S/c1-11-7-8-14(9-15(11)23(25)26)16(24)10-27-18-19-20-21-22(18)17-12(2)5-4-6-13(17)3/h4-9H,10H2,1-3H3. The van der Waals surface area contributed by atoms with Crippen LogP contribution in [0.5, 0.6) is 0 Å². The first kappa shape index (κ1) is 18.7. The second-order valence-corrected chi connectivity index (χ2v) is 7.03. The van der Waals surface area contributed by atoms with Gasteiger partial charge in [-0.3, -0.25) is 14.9 Å². The molecular weight excluding hydrogens is 366 g/mol. The largest absolute Gasteiger partial charge is 0.293 e. The van der Waals surface area contributed by atoms with E-state index >= 15 is 0 Å². The summed E-state index contributed by atoms with van der Waals surface area (Å²) in [6.07, 6.45) is 0. The van der Waals surface area contributed by atoms with Crippen LogP contribution < -0.4 is 0 Å². The van der Waals surface area contributed by atoms with Crippen molar-refractivity contribution >= 4 is 23.2 Å². The molecule has 0 fully saturated rings. The minimum absolute atomic E-state index is 0.0637. The van der Waals surface area contributed by atoms with Crippen molar-refractivity contribution < 1.29 is 9.72 Å². The van der Waals surface area contributed by atoms with E-state index in [1.54, 1.807) is 23.7 Å². The summed E-state index contributed by atoms with van der Waals surface area (Å²) < 4.78 is 1.61. The highest BCUT2D eigenvalue weighted by molar-refractivity contribution is 7.99. The molecule has 0 spiro atoms. The lowest BCUT2D eigenvalue weighted by molar-refractivity contribution is -0.385. The monoisotopic (exact) mass is 383 g/mol. The number of nitrogens with zero attached hydrogens (tertiary/aromatic N) is 5. The Bertz CT molecular complexity index is 1010. The second kappa shape index (κ2) is 7.67. The van der Waals surface area contributed by atoms with E-state index in [0.29, 0.717) is 16.3 Å². The van der Waals surface area contributed by atoms with Crippen molar-refractivity contribution in [2.75, 3.05) is 5.75 Å². The summed E-state index contributed by atoms with van der Waals surface area (Å²) in [7, 11) is 0. The third-order valence-electron chi connectivity index (χ3n) is 4.15. The van der Waals surface area contributed by atoms with Crippen LogP contribution in [0, 0.1) is 30.9 Å². The van der Waals surface area contributed by atoms with E-state index < -0.39 is 4.92 Å². The van der Waals surface area contributed by atoms with E-state index in [2.05, 4.69) is 15.5 Å². The number of tetrazole rings is 1. The maximum absolute atomic E-state index is 12.5. The fourth-order valence-electron chi connectivity index (χ4n) is 2.74. The first-order valence-electron chi connectivity index (χ1n) is 8.14. The molecule has 8 nitrogen and oxygen atoms in total. The Hall–Kier alpha value is -3.07. The number of nitro groups is 1. The average Bonchev–Trinajstić information content (AvgIpc) is 3.08. The number of thioether (sulfide) groups is 1. The summed E-state index contributed by atoms with van der Waals surface area (Å²) in [5.41, 5.74) is 3.66. The van der Waals surface area contributed by atoms with Crippen LogP contribution in [-0.4, -0.2) is 36.7 Å². The smallest absolute Gasteiger partial charge is 0.273 e. The third-order valence-corrected chi connectivity index (χ3v) is 5.07. The molecule has 27 heavy (non-hydrogen) atoms. The van der Waals surface area contributed by atoms with Gasteiger partial charge in [-0.25, -0.2) is 0 Å². The molecule has 0 aliphatic heterocycles. The van der Waals surface area contributed by atoms with E-state index in [1.807, 2.05) is 32.0 Å². The number of carbonyl (C=O) groups excluding carboxylic acids is 1. The van der Waals surface area contributed by atoms with Crippen LogP contribution in [0.15, 0.2) is 41.6 Å². The van der Waals surface area contributed by atoms with Crippen LogP contribution in [-0.2, 0) is 0 Å². The summed E-state index contributed by atoms with van der Waals surface area (Å²) in [5.74, 6) is -0.148. The molecule has 0 amide bonds. The van der Waals surface area contributed by atoms with E-state index in [0.717, 1.165) is 16.8 Å². The Morgan fingerprint density at radius 1 is 1.15 bits per heavy atom. The van der Waals surface area contributed by atoms with Crippen LogP contribution in [0.3, 0.4) is 0 Å². The van der Waals surface area contributed by atoms with E-state index in [1.165, 1.54) is 17.8 Å². The van der Waals surface area contributed by atoms with Gasteiger partial charge in [0.15, 0.2) is 5.78 Å². The SMILES string of the molecule is Cc1ccc(C(=O)CSc2nnnn2-c2c(C)cccc2C)cc1[N+](=O)[O-]. The van der Waals surface area contributed by atoms with Gasteiger partial charge in [0.1, 0.15) is 0 Å². The van der Waals surface area contributed by atoms with Gasteiger partial charge in [0.05, 0.1) is 16.4 Å². The predicted molar refractivity (Wildman–Crippen MR) is 102 cm³/mol. The molecule has 0 atom stereocenters. The minimum Gasteiger partial charge on any atom is -0.293 e. The van der Waals surface area contributed by atoms with Crippen LogP contribution in [0.2, 0.25) is 0 Å². The summed E-state index contributed by atoms with van der Waals surface area (Å²) in [6, 6.07) is 10.4. The zero-order valence-electron chi connectivity index (χ0n) is 15.0. The number of rotatable bonds is 6. The number of hydrogen-bond acceptors (Lipinski definition) is 7. The molecule has 0 aliphatic rings. The normalized spacial score (nSPS) is 10.8. The van der Waals surface area contributed by atoms with Crippen molar-refractivity contribution in [3.05, 3.63) is 68.8 Å². The fourth-order valence-corrected chi connectivity index (χ4v) is 3.51. The topological polar surface area (TPSA) is 104 Å². The van der Waals surface area contributed by atoms with Crippen LogP contribution in [0.25, 0.3) is 5.69 Å². The fraction of sp³-hybridized carbons (Fsp3) is 0.222. The van der Waals surface area contributed by atoms with Gasteiger partial charge in [-0.2, -0.15) is 4.68 Å². The van der Waals surface area contributed by atoms with Gasteiger partial charge in [-0.15, -0.1) is 5.10 Å². The molecule has 2 aromatic carbocycles. The number of aryl methyl sites for hydroxylation is 3. The molecular formula is C18H17N5O3S. The van der Waals surface area contributed by atoms with E-state index in [-0.39, 0.29) is 17.2 Å². The summed E-state index contributed by atoms with van der Waals surface area (Å²) in [4.78, 5) is 23.1. The highest BCUT2D eigenvalue weighted by Gasteiger charge is 2.18. The van der Waals surface area contributed by atoms with E-state index in [9.17, 15) is 14.9 Å². The van der Waals surface area contributed by atoms with E-state index in [4.69, 9.17) is 0 Å². The number of Topliss-reactive ketones (excluding diaryl/α,β-unsaturated/α-hetero) is 1. The lowest BCUT2D eigenvalue weighted by Crippen LogP contribution is -2.07. The number of para-hydroxylation sites is 1. The Balaban J connectivity index is 1.81. The predicted octanol–water partition coefficient (Wildman–Crippen LogP) is 3.47. The lowest BCUT2D eigenvalue weighted by Gasteiger charge is -2.10. The molecule has 1 heterocycles. The molecule has 0 radical (unpaired) electrons. The van der Waals surface area contributed by atoms with Crippen molar-refractivity contribution in [3.63, 3.8) is 0 Å². The van der Waals surface area contributed by atoms with Crippen molar-refractivity contribution in [3.8, 4) is 5.69 Å². The minimum atomic E-state index is -0.485. The van der Waals surface area contributed by atoms with Crippen molar-refractivity contribution in [1.82, 2.24) is 20.2 Å². The maximum Gasteiger partial charge on any atom is 0.273 e. The molecule has 0 N–H and O–H groups in total. The van der Waals surface area contributed by atoms with Gasteiger partial charge < -0.3 is 0 Å². The van der Waals surface area contributed by atoms with Crippen LogP contribution >= 0.6 is 11.8 Å². The van der Waals surface area contributed by atoms with Crippen LogP contribution in [0.1, 0.15) is 27.0 Å². The number of aromatic nitrogens is 4. The van der Waals surface area contributed by atoms with Crippen molar-refractivity contribution in [2.45, 2.75) is 25.9 Å². The Morgan fingerprint density at radius 2 is 1.85 bits per heavy atom. The highest BCUT2D eigenvalue weighted by Crippen LogP contribution is 2.25. The number of benzene rings is 2. The number of carbonyl (C=O) groups is 1. The molecule has 3 aromatic rings. The molecule has 3 rings (SSSR count). The van der Waals surface area contributed by atoms with Gasteiger partial charge in [-0.05, 0) is 42.3 Å². The molecule has 138 valence electrons. The zero-order valence-corrected chi connectivity index (χ0v) is 15.9. The summed E-state index contributed by atoms with van der Waals surface area (Å²) in [5, 5.41) is 23.3. The molecule has 9 heteroatoms. The molecule has 0 saturated heterocycles. The van der Waals surface area contributed by atoms with Gasteiger partial charge in [0.2, 0.25) is 5.16 Å². The van der Waals surface area contributed by atoms with Crippen molar-refractivity contribution in [1.29, 1.82) is 0 Å². The first-order chi connectivity index (χ1) is 12.9. The molecule has 1 aromatic heterocycles. The van der Waals surface area contributed by atoms with Crippen LogP contribution in [0.4, 0.5) is 5.69 Å². The van der Waals surface area contributed by atoms with Crippen molar-refractivity contribution in [2.24, 2.45) is 0 Å². The highest BCUT2D eigenvalue weighted by atomic mass is 32.2. The van der Waals surface area contributed by atoms with Gasteiger partial charge >= 0.3 is 0 Å². The lowest BCUT2D eigenvalue weighted by atomic mass is 10.1. The Morgan fingerprint density at radius 3 is 2.52 bits per heavy atom. The summed E-state index contributed by atoms with van der Waals surface area (Å²) >= 11 is 1.19. The second-order valence-electron chi connectivity index (χ2n) is 6.08. The first-order valence-corrected chi connectivity index (χ1v) is 9.13. The maximum atomic E-state index is 12.5. The molecule has 0 aliphatic carbocycles. The molecule has 0 bridgehead atoms. The summed E-state index contributed by atoms with van der Waals surface area (Å²) in [6.45, 7) is 5.57. The Labute approximate surface area is 159 Å². The molecule has 0 unspecified atom stereocenters. The zero-order chi connectivity index (χ0) is 19.6. The number of hydrogen-bond donors (Lipinski definition) is 0. The number of ketones is 1. The number of nitro benzene ring substituents is 1. The average molecular weight is 383 g/mol. The van der Waals surface area contributed by atoms with Gasteiger partial charge in [0.25, 0.3) is 5.69 Å². The Kier molecular flexibility index (Phi) is 5.31. The quantitative estimate of drug-likeness (QED) is 0.278. The molecule has 0 saturated carbocycles. The van der Waals surface area contributed by atoms with Gasteiger partial charge in [-0.1, -0.05) is 42.1 Å². The van der Waals surface area contributed by atoms with Gasteiger partial charge in [0, 0.05) is 17.2 Å².